The van der Waals surface area contributed by atoms with Gasteiger partial charge in [-0.3, -0.25) is 0 Å². The Balaban J connectivity index is 1.22. The molecule has 8 aromatic carbocycles. The van der Waals surface area contributed by atoms with Crippen molar-refractivity contribution in [2.24, 2.45) is 0 Å². The van der Waals surface area contributed by atoms with Gasteiger partial charge in [0.25, 0.3) is 0 Å². The molecule has 0 saturated carbocycles. The Hall–Kier alpha value is -5.79. The van der Waals surface area contributed by atoms with Gasteiger partial charge in [0.05, 0.1) is 22.1 Å². The highest BCUT2D eigenvalue weighted by Crippen LogP contribution is 2.58. The lowest BCUT2D eigenvalue weighted by Crippen LogP contribution is -2.47. The maximum Gasteiger partial charge on any atom is 0.0755 e. The van der Waals surface area contributed by atoms with Crippen molar-refractivity contribution in [1.29, 1.82) is 0 Å². The van der Waals surface area contributed by atoms with Crippen LogP contribution in [0.25, 0.3) is 58.8 Å². The number of benzene rings is 8. The van der Waals surface area contributed by atoms with E-state index in [1.165, 1.54) is 97.0 Å². The third-order valence-corrected chi connectivity index (χ3v) is 15.3. The number of fused-ring (bicyclic) bond motifs is 14. The standard InChI is InChI=1S/C49H30NPS/c1-2-13-33(14-3-1)51-44-23-10-7-19-39(44)49(38-18-6-9-22-43(38)50-42-21-8-4-15-34(42)36-17-12-20-41(49)48(36)50)40-27-25-32(30-45(40)51)31-26-28-47-37(29-31)35-16-5-11-24-46(35)52-47/h1-30H. The molecule has 1 nitrogen and oxygen atoms in total. The predicted molar refractivity (Wildman–Crippen MR) is 223 cm³/mol. The normalized spacial score (nSPS) is 17.1. The first-order valence-electron chi connectivity index (χ1n) is 17.9. The van der Waals surface area contributed by atoms with Gasteiger partial charge in [0.1, 0.15) is 0 Å². The number of aromatic nitrogens is 1. The lowest BCUT2D eigenvalue weighted by atomic mass is 9.62. The summed E-state index contributed by atoms with van der Waals surface area (Å²) in [6.07, 6.45) is 0. The molecule has 2 aromatic heterocycles. The fourth-order valence-electron chi connectivity index (χ4n) is 9.52. The van der Waals surface area contributed by atoms with Crippen LogP contribution in [0, 0.1) is 0 Å². The number of hydrogen-bond acceptors (Lipinski definition) is 1. The molecule has 0 N–H and O–H groups in total. The third-order valence-electron chi connectivity index (χ3n) is 11.6. The van der Waals surface area contributed by atoms with Crippen LogP contribution < -0.4 is 15.9 Å². The maximum atomic E-state index is 2.55. The quantitative estimate of drug-likeness (QED) is 0.159. The van der Waals surface area contributed by atoms with Crippen LogP contribution in [0.3, 0.4) is 0 Å². The highest BCUT2D eigenvalue weighted by Gasteiger charge is 2.51. The first-order valence-corrected chi connectivity index (χ1v) is 20.1. The monoisotopic (exact) mass is 695 g/mol. The van der Waals surface area contributed by atoms with Gasteiger partial charge in [0, 0.05) is 30.9 Å². The fraction of sp³-hybridized carbons (Fsp3) is 0.0204. The summed E-state index contributed by atoms with van der Waals surface area (Å²) in [5, 5.41) is 9.54. The smallest absolute Gasteiger partial charge is 0.0755 e. The predicted octanol–water partition coefficient (Wildman–Crippen LogP) is 11.6. The number of rotatable bonds is 2. The molecule has 0 amide bonds. The molecule has 2 aliphatic heterocycles. The zero-order chi connectivity index (χ0) is 34.0. The molecule has 0 saturated heterocycles. The molecule has 3 heteroatoms. The van der Waals surface area contributed by atoms with E-state index in [0.717, 1.165) is 0 Å². The van der Waals surface area contributed by atoms with Gasteiger partial charge in [0.2, 0.25) is 0 Å². The fourth-order valence-corrected chi connectivity index (χ4v) is 13.4. The minimum absolute atomic E-state index is 0.494. The van der Waals surface area contributed by atoms with E-state index in [2.05, 4.69) is 187 Å². The molecule has 242 valence electrons. The molecule has 52 heavy (non-hydrogen) atoms. The van der Waals surface area contributed by atoms with Crippen molar-refractivity contribution in [3.8, 4) is 16.8 Å². The summed E-state index contributed by atoms with van der Waals surface area (Å²) >= 11 is 1.88. The van der Waals surface area contributed by atoms with Crippen LogP contribution in [0.1, 0.15) is 22.3 Å². The van der Waals surface area contributed by atoms with Gasteiger partial charge in [0.15, 0.2) is 0 Å². The summed E-state index contributed by atoms with van der Waals surface area (Å²) < 4.78 is 5.21. The van der Waals surface area contributed by atoms with Gasteiger partial charge in [-0.15, -0.1) is 11.3 Å². The average Bonchev–Trinajstić information content (AvgIpc) is 3.76. The van der Waals surface area contributed by atoms with E-state index in [9.17, 15) is 0 Å². The van der Waals surface area contributed by atoms with E-state index in [4.69, 9.17) is 0 Å². The zero-order valence-corrected chi connectivity index (χ0v) is 29.8. The van der Waals surface area contributed by atoms with Gasteiger partial charge in [-0.05, 0) is 93.6 Å². The third kappa shape index (κ3) is 3.66. The summed E-state index contributed by atoms with van der Waals surface area (Å²) in [7, 11) is -0.849. The molecule has 12 rings (SSSR count). The number of nitrogens with zero attached hydrogens (tertiary/aromatic N) is 1. The minimum Gasteiger partial charge on any atom is -0.309 e. The molecule has 0 radical (unpaired) electrons. The average molecular weight is 696 g/mol. The van der Waals surface area contributed by atoms with Crippen molar-refractivity contribution in [3.05, 3.63) is 204 Å². The molecule has 0 aliphatic carbocycles. The van der Waals surface area contributed by atoms with Crippen LogP contribution in [0.4, 0.5) is 0 Å². The van der Waals surface area contributed by atoms with E-state index in [1.807, 2.05) is 11.3 Å². The summed E-state index contributed by atoms with van der Waals surface area (Å²) in [6, 6.07) is 69.0. The second-order valence-corrected chi connectivity index (χ2v) is 17.3. The van der Waals surface area contributed by atoms with Crippen LogP contribution in [0.5, 0.6) is 0 Å². The lowest BCUT2D eigenvalue weighted by molar-refractivity contribution is 0.734. The van der Waals surface area contributed by atoms with Crippen LogP contribution in [-0.2, 0) is 5.41 Å². The minimum atomic E-state index is -0.849. The van der Waals surface area contributed by atoms with Crippen molar-refractivity contribution < 1.29 is 0 Å². The Morgan fingerprint density at radius 2 is 1.08 bits per heavy atom. The van der Waals surface area contributed by atoms with E-state index in [0.29, 0.717) is 0 Å². The topological polar surface area (TPSA) is 4.93 Å². The van der Waals surface area contributed by atoms with Gasteiger partial charge in [-0.25, -0.2) is 0 Å². The second kappa shape index (κ2) is 10.6. The van der Waals surface area contributed by atoms with Crippen molar-refractivity contribution in [3.63, 3.8) is 0 Å². The SMILES string of the molecule is c1ccc(P2c3ccccc3C3(c4ccccc4-n4c5ccccc5c5cccc3c54)c3ccc(-c4ccc5sc6ccccc6c5c4)cc32)cc1. The van der Waals surface area contributed by atoms with E-state index >= 15 is 0 Å². The van der Waals surface area contributed by atoms with Gasteiger partial charge >= 0.3 is 0 Å². The van der Waals surface area contributed by atoms with E-state index in [-0.39, 0.29) is 0 Å². The van der Waals surface area contributed by atoms with E-state index < -0.39 is 13.3 Å². The van der Waals surface area contributed by atoms with Crippen LogP contribution in [0.15, 0.2) is 182 Å². The second-order valence-electron chi connectivity index (χ2n) is 14.1. The molecular weight excluding hydrogens is 666 g/mol. The van der Waals surface area contributed by atoms with Crippen molar-refractivity contribution in [2.45, 2.75) is 5.41 Å². The molecule has 4 heterocycles. The number of para-hydroxylation sites is 3. The summed E-state index contributed by atoms with van der Waals surface area (Å²) in [4.78, 5) is 0. The summed E-state index contributed by atoms with van der Waals surface area (Å²) in [5.41, 5.74) is 11.4. The Morgan fingerprint density at radius 1 is 0.423 bits per heavy atom. The first-order chi connectivity index (χ1) is 25.8. The Morgan fingerprint density at radius 3 is 2.00 bits per heavy atom. The lowest BCUT2D eigenvalue weighted by Gasteiger charge is -2.48. The van der Waals surface area contributed by atoms with Gasteiger partial charge < -0.3 is 4.57 Å². The Kier molecular flexibility index (Phi) is 5.89. The summed E-state index contributed by atoms with van der Waals surface area (Å²) in [6.45, 7) is 0. The van der Waals surface area contributed by atoms with Crippen LogP contribution in [0.2, 0.25) is 0 Å². The molecule has 0 fully saturated rings. The molecule has 2 unspecified atom stereocenters. The Bertz CT molecular complexity index is 3100. The van der Waals surface area contributed by atoms with Gasteiger partial charge in [-0.1, -0.05) is 146 Å². The van der Waals surface area contributed by atoms with Crippen LogP contribution in [-0.4, -0.2) is 4.57 Å². The molecule has 2 atom stereocenters. The van der Waals surface area contributed by atoms with Crippen molar-refractivity contribution in [2.75, 3.05) is 0 Å². The van der Waals surface area contributed by atoms with E-state index in [1.54, 1.807) is 0 Å². The molecular formula is C49H30NPS. The highest BCUT2D eigenvalue weighted by molar-refractivity contribution is 7.80. The van der Waals surface area contributed by atoms with Crippen molar-refractivity contribution in [1.82, 2.24) is 4.57 Å². The maximum absolute atomic E-state index is 2.55. The number of hydrogen-bond donors (Lipinski definition) is 0. The Labute approximate surface area is 306 Å². The summed E-state index contributed by atoms with van der Waals surface area (Å²) in [5.74, 6) is 0. The molecule has 0 bridgehead atoms. The van der Waals surface area contributed by atoms with Crippen LogP contribution >= 0.6 is 19.3 Å². The molecule has 1 spiro atoms. The molecule has 2 aliphatic rings. The highest BCUT2D eigenvalue weighted by atomic mass is 32.1. The first kappa shape index (κ1) is 28.9. The van der Waals surface area contributed by atoms with Gasteiger partial charge in [-0.2, -0.15) is 0 Å². The molecule has 10 aromatic rings. The number of thiophene rings is 1. The largest absolute Gasteiger partial charge is 0.309 e. The van der Waals surface area contributed by atoms with Crippen molar-refractivity contribution >= 4 is 77.2 Å². The zero-order valence-electron chi connectivity index (χ0n) is 28.1.